The summed E-state index contributed by atoms with van der Waals surface area (Å²) >= 11 is 0. The summed E-state index contributed by atoms with van der Waals surface area (Å²) in [6, 6.07) is 9.00. The SMILES string of the molecule is CCC(c1ccc(N)cc1)N1CCCCCC1. The smallest absolute Gasteiger partial charge is 0.0345 e. The molecule has 94 valence electrons. The van der Waals surface area contributed by atoms with Gasteiger partial charge in [0.25, 0.3) is 0 Å². The summed E-state index contributed by atoms with van der Waals surface area (Å²) in [5.41, 5.74) is 8.04. The van der Waals surface area contributed by atoms with Gasteiger partial charge in [0.15, 0.2) is 0 Å². The van der Waals surface area contributed by atoms with E-state index in [0.29, 0.717) is 6.04 Å². The standard InChI is InChI=1S/C15H24N2/c1-2-15(13-7-9-14(16)10-8-13)17-11-5-3-4-6-12-17/h7-10,15H,2-6,11-12,16H2,1H3. The van der Waals surface area contributed by atoms with Crippen LogP contribution in [-0.2, 0) is 0 Å². The quantitative estimate of drug-likeness (QED) is 0.807. The van der Waals surface area contributed by atoms with Gasteiger partial charge in [-0.05, 0) is 50.0 Å². The van der Waals surface area contributed by atoms with E-state index >= 15 is 0 Å². The molecule has 1 heterocycles. The molecule has 17 heavy (non-hydrogen) atoms. The van der Waals surface area contributed by atoms with Crippen LogP contribution >= 0.6 is 0 Å². The molecule has 0 amide bonds. The largest absolute Gasteiger partial charge is 0.399 e. The van der Waals surface area contributed by atoms with Crippen molar-refractivity contribution in [1.82, 2.24) is 4.90 Å². The van der Waals surface area contributed by atoms with Gasteiger partial charge in [0, 0.05) is 11.7 Å². The Bertz CT molecular complexity index is 323. The molecule has 0 aromatic heterocycles. The van der Waals surface area contributed by atoms with E-state index in [-0.39, 0.29) is 0 Å². The van der Waals surface area contributed by atoms with Gasteiger partial charge in [-0.2, -0.15) is 0 Å². The molecule has 2 nitrogen and oxygen atoms in total. The van der Waals surface area contributed by atoms with E-state index in [1.54, 1.807) is 0 Å². The van der Waals surface area contributed by atoms with Crippen molar-refractivity contribution >= 4 is 5.69 Å². The lowest BCUT2D eigenvalue weighted by Crippen LogP contribution is -2.29. The van der Waals surface area contributed by atoms with Crippen molar-refractivity contribution in [3.05, 3.63) is 29.8 Å². The number of nitrogens with two attached hydrogens (primary N) is 1. The molecule has 1 aromatic rings. The number of hydrogen-bond acceptors (Lipinski definition) is 2. The summed E-state index contributed by atoms with van der Waals surface area (Å²) in [6.45, 7) is 4.79. The molecule has 1 aromatic carbocycles. The number of nitrogens with zero attached hydrogens (tertiary/aromatic N) is 1. The molecule has 0 saturated carbocycles. The predicted octanol–water partition coefficient (Wildman–Crippen LogP) is 3.60. The summed E-state index contributed by atoms with van der Waals surface area (Å²) in [4.78, 5) is 2.65. The zero-order chi connectivity index (χ0) is 12.1. The second-order valence-corrected chi connectivity index (χ2v) is 5.04. The van der Waals surface area contributed by atoms with Crippen LogP contribution < -0.4 is 5.73 Å². The van der Waals surface area contributed by atoms with E-state index in [0.717, 1.165) is 5.69 Å². The van der Waals surface area contributed by atoms with Crippen LogP contribution in [0, 0.1) is 0 Å². The lowest BCUT2D eigenvalue weighted by atomic mass is 10.0. The molecule has 1 saturated heterocycles. The Hall–Kier alpha value is -1.02. The van der Waals surface area contributed by atoms with Crippen LogP contribution in [0.25, 0.3) is 0 Å². The summed E-state index contributed by atoms with van der Waals surface area (Å²) in [5, 5.41) is 0. The normalized spacial score (nSPS) is 19.8. The molecule has 1 atom stereocenters. The Balaban J connectivity index is 2.11. The predicted molar refractivity (Wildman–Crippen MR) is 73.9 cm³/mol. The van der Waals surface area contributed by atoms with Crippen molar-refractivity contribution in [3.63, 3.8) is 0 Å². The van der Waals surface area contributed by atoms with Gasteiger partial charge in [0.2, 0.25) is 0 Å². The number of anilines is 1. The van der Waals surface area contributed by atoms with E-state index < -0.39 is 0 Å². The molecular formula is C15H24N2. The summed E-state index contributed by atoms with van der Waals surface area (Å²) in [7, 11) is 0. The fourth-order valence-corrected chi connectivity index (χ4v) is 2.83. The first kappa shape index (κ1) is 12.4. The molecule has 0 bridgehead atoms. The van der Waals surface area contributed by atoms with Crippen LogP contribution in [0.5, 0.6) is 0 Å². The van der Waals surface area contributed by atoms with E-state index in [1.807, 2.05) is 12.1 Å². The number of benzene rings is 1. The number of nitrogen functional groups attached to an aromatic ring is 1. The minimum Gasteiger partial charge on any atom is -0.399 e. The van der Waals surface area contributed by atoms with Gasteiger partial charge in [-0.3, -0.25) is 4.90 Å². The molecule has 0 aliphatic carbocycles. The second kappa shape index (κ2) is 6.06. The third-order valence-corrected chi connectivity index (χ3v) is 3.79. The third-order valence-electron chi connectivity index (χ3n) is 3.79. The molecule has 2 rings (SSSR count). The molecule has 1 fully saturated rings. The van der Waals surface area contributed by atoms with Crippen LogP contribution in [0.15, 0.2) is 24.3 Å². The molecule has 2 N–H and O–H groups in total. The maximum atomic E-state index is 5.76. The number of rotatable bonds is 3. The van der Waals surface area contributed by atoms with Gasteiger partial charge >= 0.3 is 0 Å². The lowest BCUT2D eigenvalue weighted by Gasteiger charge is -2.30. The van der Waals surface area contributed by atoms with Crippen molar-refractivity contribution in [1.29, 1.82) is 0 Å². The molecule has 0 radical (unpaired) electrons. The average molecular weight is 232 g/mol. The maximum Gasteiger partial charge on any atom is 0.0345 e. The molecule has 1 unspecified atom stereocenters. The summed E-state index contributed by atoms with van der Waals surface area (Å²) in [5.74, 6) is 0. The first-order valence-corrected chi connectivity index (χ1v) is 6.90. The molecule has 1 aliphatic rings. The Kier molecular flexibility index (Phi) is 4.43. The monoisotopic (exact) mass is 232 g/mol. The Morgan fingerprint density at radius 3 is 2.18 bits per heavy atom. The van der Waals surface area contributed by atoms with Gasteiger partial charge in [-0.25, -0.2) is 0 Å². The van der Waals surface area contributed by atoms with E-state index in [1.165, 1.54) is 50.8 Å². The topological polar surface area (TPSA) is 29.3 Å². The summed E-state index contributed by atoms with van der Waals surface area (Å²) < 4.78 is 0. The van der Waals surface area contributed by atoms with Crippen molar-refractivity contribution in [2.75, 3.05) is 18.8 Å². The van der Waals surface area contributed by atoms with Crippen LogP contribution in [0.3, 0.4) is 0 Å². The number of hydrogen-bond donors (Lipinski definition) is 1. The lowest BCUT2D eigenvalue weighted by molar-refractivity contribution is 0.200. The zero-order valence-electron chi connectivity index (χ0n) is 10.9. The first-order valence-electron chi connectivity index (χ1n) is 6.90. The highest BCUT2D eigenvalue weighted by Crippen LogP contribution is 2.27. The minimum atomic E-state index is 0.577. The highest BCUT2D eigenvalue weighted by atomic mass is 15.2. The maximum absolute atomic E-state index is 5.76. The van der Waals surface area contributed by atoms with Gasteiger partial charge in [0.1, 0.15) is 0 Å². The van der Waals surface area contributed by atoms with Crippen LogP contribution in [0.2, 0.25) is 0 Å². The fraction of sp³-hybridized carbons (Fsp3) is 0.600. The van der Waals surface area contributed by atoms with Crippen LogP contribution in [0.4, 0.5) is 5.69 Å². The Labute approximate surface area is 105 Å². The van der Waals surface area contributed by atoms with E-state index in [9.17, 15) is 0 Å². The Morgan fingerprint density at radius 1 is 1.06 bits per heavy atom. The van der Waals surface area contributed by atoms with E-state index in [2.05, 4.69) is 24.0 Å². The highest BCUT2D eigenvalue weighted by Gasteiger charge is 2.19. The molecular weight excluding hydrogens is 208 g/mol. The fourth-order valence-electron chi connectivity index (χ4n) is 2.83. The Morgan fingerprint density at radius 2 is 1.65 bits per heavy atom. The zero-order valence-corrected chi connectivity index (χ0v) is 10.9. The third kappa shape index (κ3) is 3.22. The summed E-state index contributed by atoms with van der Waals surface area (Å²) in [6.07, 6.45) is 6.68. The van der Waals surface area contributed by atoms with Gasteiger partial charge in [-0.15, -0.1) is 0 Å². The van der Waals surface area contributed by atoms with Gasteiger partial charge in [-0.1, -0.05) is 31.9 Å². The first-order chi connectivity index (χ1) is 8.31. The molecule has 2 heteroatoms. The van der Waals surface area contributed by atoms with Crippen molar-refractivity contribution in [2.45, 2.75) is 45.1 Å². The number of likely N-dealkylation sites (tertiary alicyclic amines) is 1. The van der Waals surface area contributed by atoms with Crippen LogP contribution in [-0.4, -0.2) is 18.0 Å². The van der Waals surface area contributed by atoms with Crippen molar-refractivity contribution in [3.8, 4) is 0 Å². The van der Waals surface area contributed by atoms with Crippen LogP contribution in [0.1, 0.15) is 50.6 Å². The minimum absolute atomic E-state index is 0.577. The highest BCUT2D eigenvalue weighted by molar-refractivity contribution is 5.40. The second-order valence-electron chi connectivity index (χ2n) is 5.04. The van der Waals surface area contributed by atoms with E-state index in [4.69, 9.17) is 5.73 Å². The average Bonchev–Trinajstić information content (AvgIpc) is 2.62. The van der Waals surface area contributed by atoms with Gasteiger partial charge < -0.3 is 5.73 Å². The van der Waals surface area contributed by atoms with Gasteiger partial charge in [0.05, 0.1) is 0 Å². The molecule has 0 spiro atoms. The van der Waals surface area contributed by atoms with Crippen molar-refractivity contribution < 1.29 is 0 Å². The molecule has 1 aliphatic heterocycles. The van der Waals surface area contributed by atoms with Crippen molar-refractivity contribution in [2.24, 2.45) is 0 Å².